The Morgan fingerprint density at radius 1 is 1.08 bits per heavy atom. The van der Waals surface area contributed by atoms with Crippen LogP contribution in [0.4, 0.5) is 0 Å². The van der Waals surface area contributed by atoms with E-state index in [1.807, 2.05) is 0 Å². The van der Waals surface area contributed by atoms with Crippen LogP contribution in [0.3, 0.4) is 0 Å². The Morgan fingerprint density at radius 2 is 1.88 bits per heavy atom. The van der Waals surface area contributed by atoms with Gasteiger partial charge < -0.3 is 15.0 Å². The van der Waals surface area contributed by atoms with Crippen LogP contribution in [0.2, 0.25) is 0 Å². The van der Waals surface area contributed by atoms with Gasteiger partial charge in [0.15, 0.2) is 0 Å². The molecule has 0 atom stereocenters. The first-order chi connectivity index (χ1) is 12.4. The molecule has 3 nitrogen and oxygen atoms in total. The van der Waals surface area contributed by atoms with E-state index in [2.05, 4.69) is 34.5 Å². The molecule has 136 valence electrons. The molecule has 1 aromatic rings. The number of hydrogen-bond donors (Lipinski definition) is 1. The van der Waals surface area contributed by atoms with Crippen molar-refractivity contribution in [3.05, 3.63) is 35.4 Å². The fourth-order valence-corrected chi connectivity index (χ4v) is 4.35. The van der Waals surface area contributed by atoms with E-state index in [-0.39, 0.29) is 0 Å². The van der Waals surface area contributed by atoms with E-state index in [0.717, 1.165) is 44.5 Å². The lowest BCUT2D eigenvalue weighted by atomic mass is 9.87. The van der Waals surface area contributed by atoms with Crippen LogP contribution in [-0.4, -0.2) is 37.7 Å². The summed E-state index contributed by atoms with van der Waals surface area (Å²) in [6.07, 6.45) is 10.8. The van der Waals surface area contributed by atoms with Crippen LogP contribution in [0.25, 0.3) is 5.70 Å². The fourth-order valence-electron chi connectivity index (χ4n) is 4.35. The number of allylic oxidation sites excluding steroid dienone is 1. The van der Waals surface area contributed by atoms with Crippen molar-refractivity contribution >= 4 is 5.70 Å². The molecule has 2 saturated carbocycles. The fraction of sp³-hybridized carbons (Fsp3) is 0.636. The van der Waals surface area contributed by atoms with Crippen molar-refractivity contribution in [3.63, 3.8) is 0 Å². The largest absolute Gasteiger partial charge is 0.494 e. The second-order valence-electron chi connectivity index (χ2n) is 7.86. The Bertz CT molecular complexity index is 592. The Labute approximate surface area is 152 Å². The molecular weight excluding hydrogens is 308 g/mol. The zero-order valence-corrected chi connectivity index (χ0v) is 15.4. The van der Waals surface area contributed by atoms with Gasteiger partial charge in [-0.05, 0) is 42.9 Å². The highest BCUT2D eigenvalue weighted by Gasteiger charge is 2.24. The third-order valence-electron chi connectivity index (χ3n) is 5.90. The summed E-state index contributed by atoms with van der Waals surface area (Å²) in [5.74, 6) is 1.93. The quantitative estimate of drug-likeness (QED) is 0.828. The molecule has 1 aliphatic heterocycles. The normalized spacial score (nSPS) is 21.3. The minimum absolute atomic E-state index is 0.869. The molecule has 1 heterocycles. The standard InChI is InChI=1S/C22H32N2O/c1-2-5-18(6-3-1)11-16-25-21-8-4-7-20(17-21)22(19-9-10-19)24-14-12-23-13-15-24/h4,7-8,17-18,23H,1-3,5-6,9-16H2. The Balaban J connectivity index is 1.39. The van der Waals surface area contributed by atoms with Crippen molar-refractivity contribution in [1.29, 1.82) is 0 Å². The molecule has 0 amide bonds. The van der Waals surface area contributed by atoms with Crippen LogP contribution in [0.1, 0.15) is 56.9 Å². The minimum Gasteiger partial charge on any atom is -0.494 e. The summed E-state index contributed by atoms with van der Waals surface area (Å²) < 4.78 is 6.13. The molecule has 2 aliphatic carbocycles. The predicted molar refractivity (Wildman–Crippen MR) is 104 cm³/mol. The third kappa shape index (κ3) is 4.58. The van der Waals surface area contributed by atoms with Gasteiger partial charge in [0.2, 0.25) is 0 Å². The van der Waals surface area contributed by atoms with Gasteiger partial charge >= 0.3 is 0 Å². The summed E-state index contributed by atoms with van der Waals surface area (Å²) in [6, 6.07) is 8.81. The maximum atomic E-state index is 6.13. The SMILES string of the molecule is c1cc(OCCC2CCCCC2)cc(C(=C2CC2)N2CCNCC2)c1. The summed E-state index contributed by atoms with van der Waals surface area (Å²) >= 11 is 0. The van der Waals surface area contributed by atoms with Gasteiger partial charge in [0.25, 0.3) is 0 Å². The highest BCUT2D eigenvalue weighted by atomic mass is 16.5. The number of benzene rings is 1. The predicted octanol–water partition coefficient (Wildman–Crippen LogP) is 4.45. The molecule has 1 N–H and O–H groups in total. The summed E-state index contributed by atoms with van der Waals surface area (Å²) in [5.41, 5.74) is 4.46. The van der Waals surface area contributed by atoms with Gasteiger partial charge in [0.1, 0.15) is 5.75 Å². The zero-order chi connectivity index (χ0) is 16.9. The maximum absolute atomic E-state index is 6.13. The van der Waals surface area contributed by atoms with Crippen molar-refractivity contribution in [2.24, 2.45) is 5.92 Å². The summed E-state index contributed by atoms with van der Waals surface area (Å²) in [5, 5.41) is 3.46. The minimum atomic E-state index is 0.869. The van der Waals surface area contributed by atoms with Crippen molar-refractivity contribution in [2.45, 2.75) is 51.4 Å². The number of hydrogen-bond acceptors (Lipinski definition) is 3. The van der Waals surface area contributed by atoms with E-state index in [0.29, 0.717) is 0 Å². The molecule has 3 aliphatic rings. The van der Waals surface area contributed by atoms with Gasteiger partial charge in [-0.3, -0.25) is 0 Å². The van der Waals surface area contributed by atoms with Crippen LogP contribution in [0.5, 0.6) is 5.75 Å². The van der Waals surface area contributed by atoms with Gasteiger partial charge in [-0.25, -0.2) is 0 Å². The molecule has 0 bridgehead atoms. The van der Waals surface area contributed by atoms with Crippen LogP contribution < -0.4 is 10.1 Å². The number of ether oxygens (including phenoxy) is 1. The lowest BCUT2D eigenvalue weighted by Crippen LogP contribution is -2.42. The van der Waals surface area contributed by atoms with Crippen molar-refractivity contribution in [2.75, 3.05) is 32.8 Å². The smallest absolute Gasteiger partial charge is 0.119 e. The Morgan fingerprint density at radius 3 is 2.64 bits per heavy atom. The highest BCUT2D eigenvalue weighted by molar-refractivity contribution is 5.71. The van der Waals surface area contributed by atoms with Crippen LogP contribution in [-0.2, 0) is 0 Å². The third-order valence-corrected chi connectivity index (χ3v) is 5.90. The monoisotopic (exact) mass is 340 g/mol. The van der Waals surface area contributed by atoms with Gasteiger partial charge in [-0.1, -0.05) is 44.2 Å². The van der Waals surface area contributed by atoms with Crippen molar-refractivity contribution in [3.8, 4) is 5.75 Å². The van der Waals surface area contributed by atoms with Crippen molar-refractivity contribution in [1.82, 2.24) is 10.2 Å². The lowest BCUT2D eigenvalue weighted by molar-refractivity contribution is 0.246. The van der Waals surface area contributed by atoms with Crippen molar-refractivity contribution < 1.29 is 4.74 Å². The molecule has 0 aromatic heterocycles. The topological polar surface area (TPSA) is 24.5 Å². The summed E-state index contributed by atoms with van der Waals surface area (Å²) in [6.45, 7) is 5.29. The van der Waals surface area contributed by atoms with E-state index < -0.39 is 0 Å². The molecule has 3 fully saturated rings. The van der Waals surface area contributed by atoms with E-state index in [1.165, 1.54) is 62.6 Å². The van der Waals surface area contributed by atoms with Gasteiger partial charge in [0.05, 0.1) is 6.61 Å². The van der Waals surface area contributed by atoms with Crippen LogP contribution in [0, 0.1) is 5.92 Å². The molecular formula is C22H32N2O. The first kappa shape index (κ1) is 17.0. The van der Waals surface area contributed by atoms with Gasteiger partial charge in [0, 0.05) is 37.4 Å². The van der Waals surface area contributed by atoms with E-state index in [9.17, 15) is 0 Å². The first-order valence-corrected chi connectivity index (χ1v) is 10.3. The molecule has 1 saturated heterocycles. The van der Waals surface area contributed by atoms with Crippen LogP contribution in [0.15, 0.2) is 29.8 Å². The lowest BCUT2D eigenvalue weighted by Gasteiger charge is -2.32. The number of nitrogens with one attached hydrogen (secondary N) is 1. The summed E-state index contributed by atoms with van der Waals surface area (Å²) in [4.78, 5) is 2.57. The van der Waals surface area contributed by atoms with E-state index in [4.69, 9.17) is 4.74 Å². The molecule has 0 spiro atoms. The number of rotatable bonds is 6. The van der Waals surface area contributed by atoms with Crippen LogP contribution >= 0.6 is 0 Å². The van der Waals surface area contributed by atoms with E-state index in [1.54, 1.807) is 5.57 Å². The summed E-state index contributed by atoms with van der Waals surface area (Å²) in [7, 11) is 0. The molecule has 1 aromatic carbocycles. The second-order valence-corrected chi connectivity index (χ2v) is 7.86. The average Bonchev–Trinajstić information content (AvgIpc) is 3.49. The highest BCUT2D eigenvalue weighted by Crippen LogP contribution is 2.39. The first-order valence-electron chi connectivity index (χ1n) is 10.3. The number of nitrogens with zero attached hydrogens (tertiary/aromatic N) is 1. The average molecular weight is 341 g/mol. The number of piperazine rings is 1. The Hall–Kier alpha value is -1.48. The molecule has 0 radical (unpaired) electrons. The molecule has 25 heavy (non-hydrogen) atoms. The van der Waals surface area contributed by atoms with Gasteiger partial charge in [-0.15, -0.1) is 0 Å². The van der Waals surface area contributed by atoms with Gasteiger partial charge in [-0.2, -0.15) is 0 Å². The zero-order valence-electron chi connectivity index (χ0n) is 15.4. The van der Waals surface area contributed by atoms with E-state index >= 15 is 0 Å². The molecule has 3 heteroatoms. The Kier molecular flexibility index (Phi) is 5.61. The molecule has 0 unspecified atom stereocenters. The molecule has 4 rings (SSSR count). The maximum Gasteiger partial charge on any atom is 0.119 e. The second kappa shape index (κ2) is 8.27.